The number of nitrogens with zero attached hydrogens (tertiary/aromatic N) is 4. The van der Waals surface area contributed by atoms with E-state index >= 15 is 0 Å². The van der Waals surface area contributed by atoms with Crippen molar-refractivity contribution < 1.29 is 0 Å². The fourth-order valence-corrected chi connectivity index (χ4v) is 3.56. The Hall–Kier alpha value is -2.30. The number of piperidine rings is 1. The van der Waals surface area contributed by atoms with Gasteiger partial charge in [0.2, 0.25) is 0 Å². The fraction of sp³-hybridized carbons (Fsp3) is 0.500. The summed E-state index contributed by atoms with van der Waals surface area (Å²) < 4.78 is 2.24. The van der Waals surface area contributed by atoms with Gasteiger partial charge in [0.05, 0.1) is 12.4 Å². The predicted molar refractivity (Wildman–Crippen MR) is 103 cm³/mol. The zero-order valence-electron chi connectivity index (χ0n) is 15.3. The molecule has 1 fully saturated rings. The molecule has 0 saturated carbocycles. The topological polar surface area (TPSA) is 45.5 Å². The summed E-state index contributed by atoms with van der Waals surface area (Å²) in [7, 11) is 1.88. The normalized spacial score (nSPS) is 21.4. The Bertz CT molecular complexity index is 650. The summed E-state index contributed by atoms with van der Waals surface area (Å²) in [5.74, 6) is 1.67. The molecule has 0 amide bonds. The van der Waals surface area contributed by atoms with Crippen LogP contribution in [0.15, 0.2) is 54.0 Å². The van der Waals surface area contributed by atoms with Crippen LogP contribution >= 0.6 is 0 Å². The zero-order valence-corrected chi connectivity index (χ0v) is 15.3. The van der Waals surface area contributed by atoms with Crippen molar-refractivity contribution in [1.29, 1.82) is 0 Å². The minimum absolute atomic E-state index is 0.458. The van der Waals surface area contributed by atoms with Gasteiger partial charge in [-0.3, -0.25) is 4.99 Å². The molecule has 2 atom stereocenters. The van der Waals surface area contributed by atoms with Gasteiger partial charge >= 0.3 is 0 Å². The highest BCUT2D eigenvalue weighted by molar-refractivity contribution is 5.80. The molecule has 0 spiro atoms. The summed E-state index contributed by atoms with van der Waals surface area (Å²) in [4.78, 5) is 11.1. The Kier molecular flexibility index (Phi) is 6.09. The second-order valence-electron chi connectivity index (χ2n) is 6.85. The van der Waals surface area contributed by atoms with Crippen molar-refractivity contribution in [2.75, 3.05) is 26.7 Å². The van der Waals surface area contributed by atoms with Crippen LogP contribution in [0.1, 0.15) is 31.4 Å². The second-order valence-corrected chi connectivity index (χ2v) is 6.85. The predicted octanol–water partition coefficient (Wildman–Crippen LogP) is 2.97. The van der Waals surface area contributed by atoms with E-state index in [1.165, 1.54) is 12.0 Å². The van der Waals surface area contributed by atoms with Gasteiger partial charge in [-0.25, -0.2) is 4.98 Å². The maximum absolute atomic E-state index is 4.50. The van der Waals surface area contributed by atoms with Gasteiger partial charge in [0, 0.05) is 39.1 Å². The van der Waals surface area contributed by atoms with E-state index in [0.717, 1.165) is 38.4 Å². The van der Waals surface area contributed by atoms with Crippen molar-refractivity contribution in [2.45, 2.75) is 32.2 Å². The van der Waals surface area contributed by atoms with E-state index in [1.54, 1.807) is 0 Å². The number of guanidine groups is 1. The molecule has 0 bridgehead atoms. The minimum Gasteiger partial charge on any atom is -0.356 e. The van der Waals surface area contributed by atoms with Crippen molar-refractivity contribution >= 4 is 5.96 Å². The molecular formula is C20H29N5. The molecule has 2 unspecified atom stereocenters. The number of nitrogens with one attached hydrogen (secondary N) is 1. The average Bonchev–Trinajstić information content (AvgIpc) is 3.18. The largest absolute Gasteiger partial charge is 0.356 e. The summed E-state index contributed by atoms with van der Waals surface area (Å²) >= 11 is 0. The van der Waals surface area contributed by atoms with E-state index in [-0.39, 0.29) is 0 Å². The average molecular weight is 339 g/mol. The van der Waals surface area contributed by atoms with Gasteiger partial charge < -0.3 is 14.8 Å². The maximum Gasteiger partial charge on any atom is 0.193 e. The first-order valence-corrected chi connectivity index (χ1v) is 9.25. The van der Waals surface area contributed by atoms with Gasteiger partial charge in [0.25, 0.3) is 0 Å². The van der Waals surface area contributed by atoms with Crippen molar-refractivity contribution in [3.8, 4) is 0 Å². The number of aryl methyl sites for hydroxylation is 1. The first-order chi connectivity index (χ1) is 12.3. The van der Waals surface area contributed by atoms with Crippen molar-refractivity contribution in [2.24, 2.45) is 10.9 Å². The van der Waals surface area contributed by atoms with E-state index in [0.29, 0.717) is 12.0 Å². The lowest BCUT2D eigenvalue weighted by Gasteiger charge is -2.39. The van der Waals surface area contributed by atoms with Crippen molar-refractivity contribution in [3.05, 3.63) is 54.6 Å². The number of hydrogen-bond acceptors (Lipinski definition) is 2. The molecule has 1 aromatic heterocycles. The van der Waals surface area contributed by atoms with Gasteiger partial charge in [-0.1, -0.05) is 37.3 Å². The number of likely N-dealkylation sites (tertiary alicyclic amines) is 1. The highest BCUT2D eigenvalue weighted by Gasteiger charge is 2.28. The Morgan fingerprint density at radius 3 is 2.88 bits per heavy atom. The monoisotopic (exact) mass is 339 g/mol. The highest BCUT2D eigenvalue weighted by Crippen LogP contribution is 2.27. The molecule has 2 aromatic rings. The number of rotatable bonds is 5. The molecule has 1 saturated heterocycles. The van der Waals surface area contributed by atoms with Crippen LogP contribution in [0.25, 0.3) is 0 Å². The summed E-state index contributed by atoms with van der Waals surface area (Å²) in [5, 5.41) is 3.54. The van der Waals surface area contributed by atoms with Gasteiger partial charge in [0.1, 0.15) is 0 Å². The minimum atomic E-state index is 0.458. The molecule has 1 aliphatic rings. The summed E-state index contributed by atoms with van der Waals surface area (Å²) in [6, 6.07) is 11.1. The third kappa shape index (κ3) is 4.62. The third-order valence-electron chi connectivity index (χ3n) is 5.11. The lowest BCUT2D eigenvalue weighted by atomic mass is 9.93. The van der Waals surface area contributed by atoms with Crippen LogP contribution in [0.4, 0.5) is 0 Å². The SMILES string of the molecule is CN=C(NCCCc1ccccc1)N1CCC(C)C(n2ccnc2)C1. The van der Waals surface area contributed by atoms with Gasteiger partial charge in [0.15, 0.2) is 5.96 Å². The first kappa shape index (κ1) is 17.5. The lowest BCUT2D eigenvalue weighted by molar-refractivity contribution is 0.189. The fourth-order valence-electron chi connectivity index (χ4n) is 3.56. The summed E-state index contributed by atoms with van der Waals surface area (Å²) in [5.41, 5.74) is 1.39. The molecule has 5 nitrogen and oxygen atoms in total. The lowest BCUT2D eigenvalue weighted by Crippen LogP contribution is -2.49. The molecule has 3 rings (SSSR count). The molecule has 1 N–H and O–H groups in total. The van der Waals surface area contributed by atoms with E-state index < -0.39 is 0 Å². The smallest absolute Gasteiger partial charge is 0.193 e. The van der Waals surface area contributed by atoms with Crippen LogP contribution in [0, 0.1) is 5.92 Å². The number of aliphatic imine (C=N–C) groups is 1. The molecule has 134 valence electrons. The second kappa shape index (κ2) is 8.70. The van der Waals surface area contributed by atoms with Crippen LogP contribution < -0.4 is 5.32 Å². The quantitative estimate of drug-likeness (QED) is 0.517. The van der Waals surface area contributed by atoms with Gasteiger partial charge in [-0.2, -0.15) is 0 Å². The molecule has 0 aliphatic carbocycles. The van der Waals surface area contributed by atoms with Crippen LogP contribution in [0.3, 0.4) is 0 Å². The Labute approximate surface area is 150 Å². The van der Waals surface area contributed by atoms with Crippen molar-refractivity contribution in [3.63, 3.8) is 0 Å². The molecular weight excluding hydrogens is 310 g/mol. The van der Waals surface area contributed by atoms with E-state index in [9.17, 15) is 0 Å². The summed E-state index contributed by atoms with van der Waals surface area (Å²) in [6.45, 7) is 5.32. The van der Waals surface area contributed by atoms with Gasteiger partial charge in [-0.05, 0) is 30.7 Å². The van der Waals surface area contributed by atoms with Crippen molar-refractivity contribution in [1.82, 2.24) is 19.8 Å². The number of aromatic nitrogens is 2. The van der Waals surface area contributed by atoms with E-state index in [2.05, 4.69) is 68.2 Å². The highest BCUT2D eigenvalue weighted by atomic mass is 15.3. The maximum atomic E-state index is 4.50. The summed E-state index contributed by atoms with van der Waals surface area (Å²) in [6.07, 6.45) is 9.25. The Balaban J connectivity index is 1.50. The number of benzene rings is 1. The van der Waals surface area contributed by atoms with Crippen LogP contribution in [0.5, 0.6) is 0 Å². The molecule has 5 heteroatoms. The molecule has 0 radical (unpaired) electrons. The zero-order chi connectivity index (χ0) is 17.5. The van der Waals surface area contributed by atoms with Gasteiger partial charge in [-0.15, -0.1) is 0 Å². The van der Waals surface area contributed by atoms with Crippen LogP contribution in [-0.2, 0) is 6.42 Å². The first-order valence-electron chi connectivity index (χ1n) is 9.25. The van der Waals surface area contributed by atoms with Crippen LogP contribution in [0.2, 0.25) is 0 Å². The molecule has 2 heterocycles. The van der Waals surface area contributed by atoms with Crippen LogP contribution in [-0.4, -0.2) is 47.1 Å². The number of hydrogen-bond donors (Lipinski definition) is 1. The molecule has 25 heavy (non-hydrogen) atoms. The standard InChI is InChI=1S/C20H29N5/c1-17-10-13-24(15-19(17)25-14-12-22-16-25)20(21-2)23-11-6-9-18-7-4-3-5-8-18/h3-5,7-8,12,14,16-17,19H,6,9-11,13,15H2,1-2H3,(H,21,23). The van der Waals surface area contributed by atoms with E-state index in [4.69, 9.17) is 0 Å². The Morgan fingerprint density at radius 2 is 2.16 bits per heavy atom. The molecule has 1 aromatic carbocycles. The van der Waals surface area contributed by atoms with E-state index in [1.807, 2.05) is 19.6 Å². The Morgan fingerprint density at radius 1 is 1.32 bits per heavy atom. The molecule has 1 aliphatic heterocycles. The third-order valence-corrected chi connectivity index (χ3v) is 5.11. The number of imidazole rings is 1.